The maximum absolute atomic E-state index is 11.6. The molecule has 0 aromatic carbocycles. The third-order valence-corrected chi connectivity index (χ3v) is 5.22. The summed E-state index contributed by atoms with van der Waals surface area (Å²) in [6, 6.07) is 0.468. The van der Waals surface area contributed by atoms with Crippen molar-refractivity contribution in [2.24, 2.45) is 0 Å². The molecule has 1 aliphatic heterocycles. The number of nitrogens with zero attached hydrogens (tertiary/aromatic N) is 1. The van der Waals surface area contributed by atoms with Gasteiger partial charge < -0.3 is 5.32 Å². The molecule has 0 aliphatic carbocycles. The Labute approximate surface area is 106 Å². The highest BCUT2D eigenvalue weighted by Crippen LogP contribution is 2.17. The monoisotopic (exact) mass is 262 g/mol. The van der Waals surface area contributed by atoms with E-state index >= 15 is 0 Å². The molecule has 1 heterocycles. The summed E-state index contributed by atoms with van der Waals surface area (Å²) in [4.78, 5) is 2.32. The van der Waals surface area contributed by atoms with Gasteiger partial charge in [-0.3, -0.25) is 4.90 Å². The molecule has 17 heavy (non-hydrogen) atoms. The van der Waals surface area contributed by atoms with Crippen molar-refractivity contribution in [1.29, 1.82) is 0 Å². The molecule has 1 unspecified atom stereocenters. The standard InChI is InChI=1S/C12H26N2O2S/c1-5-11-9-13-12(3,4)10-14(11)7-8-17(15,16)6-2/h11,13H,5-10H2,1-4H3. The van der Waals surface area contributed by atoms with Crippen molar-refractivity contribution >= 4 is 9.84 Å². The average molecular weight is 262 g/mol. The molecule has 1 aliphatic rings. The van der Waals surface area contributed by atoms with Crippen LogP contribution in [0.5, 0.6) is 0 Å². The molecule has 0 saturated carbocycles. The Morgan fingerprint density at radius 1 is 1.35 bits per heavy atom. The highest BCUT2D eigenvalue weighted by Gasteiger charge is 2.31. The minimum Gasteiger partial charge on any atom is -0.309 e. The molecule has 0 aromatic heterocycles. The second-order valence-corrected chi connectivity index (χ2v) is 8.01. The zero-order valence-electron chi connectivity index (χ0n) is 11.5. The van der Waals surface area contributed by atoms with Gasteiger partial charge in [0.05, 0.1) is 5.75 Å². The van der Waals surface area contributed by atoms with E-state index in [1.807, 2.05) is 0 Å². The first-order valence-electron chi connectivity index (χ1n) is 6.49. The van der Waals surface area contributed by atoms with Crippen LogP contribution in [0.15, 0.2) is 0 Å². The van der Waals surface area contributed by atoms with Crippen LogP contribution in [0.1, 0.15) is 34.1 Å². The molecule has 0 spiro atoms. The Kier molecular flexibility index (Phi) is 4.98. The molecule has 0 bridgehead atoms. The maximum Gasteiger partial charge on any atom is 0.151 e. The molecule has 5 heteroatoms. The van der Waals surface area contributed by atoms with Crippen LogP contribution < -0.4 is 5.32 Å². The Morgan fingerprint density at radius 3 is 2.53 bits per heavy atom. The summed E-state index contributed by atoms with van der Waals surface area (Å²) in [5.74, 6) is 0.537. The predicted octanol–water partition coefficient (Wildman–Crippen LogP) is 0.884. The van der Waals surface area contributed by atoms with Gasteiger partial charge in [0.15, 0.2) is 9.84 Å². The third-order valence-electron chi connectivity index (χ3n) is 3.53. The second-order valence-electron chi connectivity index (χ2n) is 5.53. The summed E-state index contributed by atoms with van der Waals surface area (Å²) in [6.07, 6.45) is 1.06. The number of hydrogen-bond acceptors (Lipinski definition) is 4. The molecule has 1 fully saturated rings. The first-order chi connectivity index (χ1) is 7.79. The molecule has 102 valence electrons. The Hall–Kier alpha value is -0.130. The molecule has 1 rings (SSSR count). The summed E-state index contributed by atoms with van der Waals surface area (Å²) in [7, 11) is -2.85. The summed E-state index contributed by atoms with van der Waals surface area (Å²) < 4.78 is 23.1. The van der Waals surface area contributed by atoms with E-state index in [4.69, 9.17) is 0 Å². The average Bonchev–Trinajstić information content (AvgIpc) is 2.26. The van der Waals surface area contributed by atoms with Gasteiger partial charge in [-0.25, -0.2) is 8.42 Å². The molecule has 1 atom stereocenters. The van der Waals surface area contributed by atoms with E-state index in [0.717, 1.165) is 19.5 Å². The number of hydrogen-bond donors (Lipinski definition) is 1. The van der Waals surface area contributed by atoms with Crippen molar-refractivity contribution < 1.29 is 8.42 Å². The van der Waals surface area contributed by atoms with Crippen LogP contribution in [0.25, 0.3) is 0 Å². The van der Waals surface area contributed by atoms with Crippen LogP contribution in [-0.4, -0.2) is 56.0 Å². The zero-order chi connectivity index (χ0) is 13.1. The van der Waals surface area contributed by atoms with E-state index in [2.05, 4.69) is 31.0 Å². The van der Waals surface area contributed by atoms with Crippen LogP contribution in [0.4, 0.5) is 0 Å². The van der Waals surface area contributed by atoms with Gasteiger partial charge in [-0.2, -0.15) is 0 Å². The lowest BCUT2D eigenvalue weighted by molar-refractivity contribution is 0.0991. The molecular weight excluding hydrogens is 236 g/mol. The molecule has 0 radical (unpaired) electrons. The molecule has 0 aromatic rings. The van der Waals surface area contributed by atoms with Crippen molar-refractivity contribution in [2.75, 3.05) is 31.1 Å². The van der Waals surface area contributed by atoms with E-state index < -0.39 is 9.84 Å². The van der Waals surface area contributed by atoms with Crippen molar-refractivity contribution in [2.45, 2.75) is 45.7 Å². The normalized spacial score (nSPS) is 26.0. The lowest BCUT2D eigenvalue weighted by Crippen LogP contribution is -2.61. The van der Waals surface area contributed by atoms with Crippen LogP contribution in [0.2, 0.25) is 0 Å². The van der Waals surface area contributed by atoms with Crippen LogP contribution in [0.3, 0.4) is 0 Å². The van der Waals surface area contributed by atoms with Gasteiger partial charge in [0.2, 0.25) is 0 Å². The Bertz CT molecular complexity index is 338. The molecular formula is C12H26N2O2S. The minimum atomic E-state index is -2.85. The van der Waals surface area contributed by atoms with E-state index in [0.29, 0.717) is 12.6 Å². The van der Waals surface area contributed by atoms with E-state index in [1.165, 1.54) is 0 Å². The molecule has 4 nitrogen and oxygen atoms in total. The van der Waals surface area contributed by atoms with Crippen LogP contribution in [0, 0.1) is 0 Å². The topological polar surface area (TPSA) is 49.4 Å². The number of nitrogens with one attached hydrogen (secondary N) is 1. The van der Waals surface area contributed by atoms with Crippen molar-refractivity contribution in [3.8, 4) is 0 Å². The summed E-state index contributed by atoms with van der Waals surface area (Å²) in [5, 5.41) is 3.51. The summed E-state index contributed by atoms with van der Waals surface area (Å²) in [5.41, 5.74) is 0.0850. The molecule has 1 N–H and O–H groups in total. The number of piperazine rings is 1. The van der Waals surface area contributed by atoms with Crippen LogP contribution >= 0.6 is 0 Å². The fourth-order valence-electron chi connectivity index (χ4n) is 2.28. The zero-order valence-corrected chi connectivity index (χ0v) is 12.3. The smallest absolute Gasteiger partial charge is 0.151 e. The number of rotatable bonds is 5. The van der Waals surface area contributed by atoms with E-state index in [1.54, 1.807) is 6.92 Å². The van der Waals surface area contributed by atoms with Gasteiger partial charge in [0.1, 0.15) is 0 Å². The maximum atomic E-state index is 11.6. The van der Waals surface area contributed by atoms with Gasteiger partial charge in [-0.1, -0.05) is 13.8 Å². The Morgan fingerprint density at radius 2 is 2.00 bits per heavy atom. The molecule has 0 amide bonds. The van der Waals surface area contributed by atoms with Gasteiger partial charge in [-0.05, 0) is 20.3 Å². The van der Waals surface area contributed by atoms with Gasteiger partial charge in [-0.15, -0.1) is 0 Å². The summed E-state index contributed by atoms with van der Waals surface area (Å²) in [6.45, 7) is 10.8. The lowest BCUT2D eigenvalue weighted by Gasteiger charge is -2.44. The van der Waals surface area contributed by atoms with Gasteiger partial charge in [0, 0.05) is 37.0 Å². The number of sulfone groups is 1. The largest absolute Gasteiger partial charge is 0.309 e. The summed E-state index contributed by atoms with van der Waals surface area (Å²) >= 11 is 0. The van der Waals surface area contributed by atoms with E-state index in [9.17, 15) is 8.42 Å². The van der Waals surface area contributed by atoms with Crippen molar-refractivity contribution in [3.05, 3.63) is 0 Å². The fraction of sp³-hybridized carbons (Fsp3) is 1.00. The van der Waals surface area contributed by atoms with Gasteiger partial charge in [0.25, 0.3) is 0 Å². The second kappa shape index (κ2) is 5.67. The predicted molar refractivity (Wildman–Crippen MR) is 72.1 cm³/mol. The van der Waals surface area contributed by atoms with Crippen LogP contribution in [-0.2, 0) is 9.84 Å². The van der Waals surface area contributed by atoms with Crippen molar-refractivity contribution in [1.82, 2.24) is 10.2 Å². The third kappa shape index (κ3) is 4.56. The minimum absolute atomic E-state index is 0.0850. The highest BCUT2D eigenvalue weighted by molar-refractivity contribution is 7.91. The quantitative estimate of drug-likeness (QED) is 0.799. The first-order valence-corrected chi connectivity index (χ1v) is 8.31. The highest BCUT2D eigenvalue weighted by atomic mass is 32.2. The fourth-order valence-corrected chi connectivity index (χ4v) is 3.08. The molecule has 1 saturated heterocycles. The SMILES string of the molecule is CCC1CNC(C)(C)CN1CCS(=O)(=O)CC. The first kappa shape index (κ1) is 14.9. The lowest BCUT2D eigenvalue weighted by atomic mass is 9.98. The Balaban J connectivity index is 2.59. The van der Waals surface area contributed by atoms with Gasteiger partial charge >= 0.3 is 0 Å². The van der Waals surface area contributed by atoms with E-state index in [-0.39, 0.29) is 17.0 Å². The van der Waals surface area contributed by atoms with Crippen molar-refractivity contribution in [3.63, 3.8) is 0 Å².